The molecular weight excluding hydrogens is 801 g/mol. The number of pyridine rings is 2. The van der Waals surface area contributed by atoms with Crippen molar-refractivity contribution in [3.05, 3.63) is 176 Å². The van der Waals surface area contributed by atoms with Crippen LogP contribution in [0.25, 0.3) is 0 Å². The standard InChI is InChI=1S/C23H22ClN5O2.C21H15ClN4O2.CH4/c1-14-4-10-19(18(12-14)23(31)28-20-11-9-17(24)13-26-20)27-22(30)16-7-5-15(6-8-16)21(25)29(2)3;1-13-2-8-18(25-20(27)15-5-3-14(11-23)4-6-15)17(10-13)21(28)26-19-9-7-16(22)12-24-19;/h4-13,25H,1-3H3,(H,27,30)(H,26,28,31);2-10,12H,1H3,(H,25,27)(H,24,26,28);1H4. The predicted octanol–water partition coefficient (Wildman–Crippen LogP) is 9.49. The van der Waals surface area contributed by atoms with E-state index in [1.54, 1.807) is 122 Å². The highest BCUT2D eigenvalue weighted by molar-refractivity contribution is 6.30. The van der Waals surface area contributed by atoms with Crippen LogP contribution in [0.15, 0.2) is 122 Å². The van der Waals surface area contributed by atoms with Gasteiger partial charge in [-0.1, -0.05) is 66.0 Å². The fourth-order valence-corrected chi connectivity index (χ4v) is 5.52. The number of aryl methyl sites for hydroxylation is 2. The van der Waals surface area contributed by atoms with Crippen LogP contribution in [0.4, 0.5) is 23.0 Å². The number of anilines is 4. The Morgan fingerprint density at radius 2 is 0.983 bits per heavy atom. The van der Waals surface area contributed by atoms with Crippen LogP contribution in [-0.4, -0.2) is 58.4 Å². The van der Waals surface area contributed by atoms with Crippen molar-refractivity contribution in [1.29, 1.82) is 10.7 Å². The molecule has 4 amide bonds. The first-order valence-corrected chi connectivity index (χ1v) is 18.5. The third-order valence-electron chi connectivity index (χ3n) is 8.42. The second kappa shape index (κ2) is 20.9. The van der Waals surface area contributed by atoms with E-state index in [9.17, 15) is 19.2 Å². The second-order valence-electron chi connectivity index (χ2n) is 13.1. The van der Waals surface area contributed by atoms with Crippen LogP contribution in [0.1, 0.15) is 71.1 Å². The Kier molecular flexibility index (Phi) is 15.7. The molecule has 0 saturated carbocycles. The molecule has 304 valence electrons. The van der Waals surface area contributed by atoms with Gasteiger partial charge in [-0.15, -0.1) is 0 Å². The van der Waals surface area contributed by atoms with Crippen molar-refractivity contribution in [3.63, 3.8) is 0 Å². The quantitative estimate of drug-likeness (QED) is 0.0702. The fraction of sp³-hybridized carbons (Fsp3) is 0.111. The Balaban J connectivity index is 0.000000262. The Hall–Kier alpha value is -7.40. The van der Waals surface area contributed by atoms with Crippen molar-refractivity contribution in [2.75, 3.05) is 35.4 Å². The number of benzene rings is 4. The van der Waals surface area contributed by atoms with Gasteiger partial charge in [-0.2, -0.15) is 5.26 Å². The number of nitrogens with one attached hydrogen (secondary N) is 5. The molecule has 2 heterocycles. The van der Waals surface area contributed by atoms with Gasteiger partial charge in [-0.05, 0) is 98.8 Å². The number of nitrogens with zero attached hydrogens (tertiary/aromatic N) is 4. The topological polar surface area (TPSA) is 193 Å². The van der Waals surface area contributed by atoms with Crippen LogP contribution < -0.4 is 21.3 Å². The molecule has 0 radical (unpaired) electrons. The van der Waals surface area contributed by atoms with Crippen LogP contribution >= 0.6 is 23.2 Å². The van der Waals surface area contributed by atoms with E-state index < -0.39 is 11.8 Å². The number of rotatable bonds is 9. The largest absolute Gasteiger partial charge is 0.363 e. The summed E-state index contributed by atoms with van der Waals surface area (Å²) in [5.41, 5.74) is 5.07. The number of aromatic nitrogens is 2. The van der Waals surface area contributed by atoms with Crippen molar-refractivity contribution < 1.29 is 19.2 Å². The van der Waals surface area contributed by atoms with E-state index in [0.29, 0.717) is 72.3 Å². The molecule has 0 saturated heterocycles. The van der Waals surface area contributed by atoms with Gasteiger partial charge in [0.1, 0.15) is 17.5 Å². The van der Waals surface area contributed by atoms with Gasteiger partial charge in [-0.3, -0.25) is 24.6 Å². The first kappa shape index (κ1) is 45.3. The Morgan fingerprint density at radius 1 is 0.583 bits per heavy atom. The lowest BCUT2D eigenvalue weighted by Gasteiger charge is -2.14. The predicted molar refractivity (Wildman–Crippen MR) is 238 cm³/mol. The van der Waals surface area contributed by atoms with Crippen molar-refractivity contribution in [1.82, 2.24) is 14.9 Å². The highest BCUT2D eigenvalue weighted by Crippen LogP contribution is 2.23. The molecule has 0 bridgehead atoms. The number of nitriles is 1. The zero-order valence-electron chi connectivity index (χ0n) is 32.2. The van der Waals surface area contributed by atoms with E-state index in [4.69, 9.17) is 33.9 Å². The number of carbonyl (C=O) groups excluding carboxylic acids is 4. The number of hydrogen-bond donors (Lipinski definition) is 5. The number of carbonyl (C=O) groups is 4. The van der Waals surface area contributed by atoms with E-state index in [2.05, 4.69) is 31.2 Å². The van der Waals surface area contributed by atoms with Crippen molar-refractivity contribution >= 4 is 75.7 Å². The van der Waals surface area contributed by atoms with Gasteiger partial charge < -0.3 is 26.2 Å². The SMILES string of the molecule is C.Cc1ccc(NC(=O)c2ccc(C#N)cc2)c(C(=O)Nc2ccc(Cl)cn2)c1.Cc1ccc(NC(=O)c2ccc(C(=N)N(C)C)cc2)c(C(=O)Nc2ccc(Cl)cn2)c1. The maximum Gasteiger partial charge on any atom is 0.258 e. The third kappa shape index (κ3) is 12.3. The zero-order valence-corrected chi connectivity index (χ0v) is 33.7. The highest BCUT2D eigenvalue weighted by Gasteiger charge is 2.18. The van der Waals surface area contributed by atoms with Gasteiger partial charge in [0, 0.05) is 43.2 Å². The van der Waals surface area contributed by atoms with Crippen molar-refractivity contribution in [2.45, 2.75) is 21.3 Å². The number of halogens is 2. The van der Waals surface area contributed by atoms with E-state index in [0.717, 1.165) is 11.1 Å². The van der Waals surface area contributed by atoms with E-state index >= 15 is 0 Å². The summed E-state index contributed by atoms with van der Waals surface area (Å²) in [5, 5.41) is 28.7. The second-order valence-corrected chi connectivity index (χ2v) is 14.0. The van der Waals surface area contributed by atoms with E-state index in [1.165, 1.54) is 12.4 Å². The summed E-state index contributed by atoms with van der Waals surface area (Å²) in [6.45, 7) is 3.71. The van der Waals surface area contributed by atoms with Crippen molar-refractivity contribution in [3.8, 4) is 6.07 Å². The molecule has 0 atom stereocenters. The zero-order chi connectivity index (χ0) is 42.6. The molecule has 5 N–H and O–H groups in total. The van der Waals surface area contributed by atoms with Gasteiger partial charge in [0.25, 0.3) is 23.6 Å². The van der Waals surface area contributed by atoms with E-state index in [-0.39, 0.29) is 19.2 Å². The Bertz CT molecular complexity index is 2560. The molecule has 2 aromatic heterocycles. The number of amidine groups is 1. The summed E-state index contributed by atoms with van der Waals surface area (Å²) in [4.78, 5) is 60.6. The minimum Gasteiger partial charge on any atom is -0.363 e. The molecule has 6 aromatic rings. The molecule has 0 fully saturated rings. The summed E-state index contributed by atoms with van der Waals surface area (Å²) >= 11 is 11.6. The van der Waals surface area contributed by atoms with Gasteiger partial charge in [0.15, 0.2) is 0 Å². The number of hydrogen-bond acceptors (Lipinski definition) is 8. The molecule has 60 heavy (non-hydrogen) atoms. The fourth-order valence-electron chi connectivity index (χ4n) is 5.30. The maximum atomic E-state index is 12.8. The molecule has 4 aromatic carbocycles. The highest BCUT2D eigenvalue weighted by atomic mass is 35.5. The molecule has 0 aliphatic carbocycles. The summed E-state index contributed by atoms with van der Waals surface area (Å²) in [6, 6.07) is 31.7. The van der Waals surface area contributed by atoms with Crippen molar-refractivity contribution in [2.24, 2.45) is 0 Å². The normalized spacial score (nSPS) is 10.0. The molecule has 0 aliphatic rings. The van der Waals surface area contributed by atoms with Crippen LogP contribution in [0.5, 0.6) is 0 Å². The first-order chi connectivity index (χ1) is 28.2. The Labute approximate surface area is 357 Å². The lowest BCUT2D eigenvalue weighted by atomic mass is 10.1. The number of amides is 4. The average molecular weight is 843 g/mol. The molecule has 6 rings (SSSR count). The first-order valence-electron chi connectivity index (χ1n) is 17.8. The lowest BCUT2D eigenvalue weighted by Crippen LogP contribution is -2.22. The summed E-state index contributed by atoms with van der Waals surface area (Å²) in [5.74, 6) is -0.498. The third-order valence-corrected chi connectivity index (χ3v) is 8.86. The molecular formula is C45H41Cl2N9O4. The molecule has 0 aliphatic heterocycles. The lowest BCUT2D eigenvalue weighted by molar-refractivity contribution is 0.101. The smallest absolute Gasteiger partial charge is 0.258 e. The summed E-state index contributed by atoms with van der Waals surface area (Å²) in [6.07, 6.45) is 2.87. The van der Waals surface area contributed by atoms with Crippen LogP contribution in [0, 0.1) is 30.6 Å². The molecule has 0 spiro atoms. The molecule has 0 unspecified atom stereocenters. The van der Waals surface area contributed by atoms with Crippen LogP contribution in [0.3, 0.4) is 0 Å². The van der Waals surface area contributed by atoms with Gasteiger partial charge in [-0.25, -0.2) is 9.97 Å². The van der Waals surface area contributed by atoms with E-state index in [1.807, 2.05) is 26.0 Å². The minimum atomic E-state index is -0.409. The average Bonchev–Trinajstić information content (AvgIpc) is 3.23. The summed E-state index contributed by atoms with van der Waals surface area (Å²) < 4.78 is 0. The van der Waals surface area contributed by atoms with Gasteiger partial charge in [0.2, 0.25) is 0 Å². The van der Waals surface area contributed by atoms with Crippen LogP contribution in [-0.2, 0) is 0 Å². The Morgan fingerprint density at radius 3 is 1.35 bits per heavy atom. The van der Waals surface area contributed by atoms with Crippen LogP contribution in [0.2, 0.25) is 10.0 Å². The monoisotopic (exact) mass is 841 g/mol. The molecule has 15 heteroatoms. The van der Waals surface area contributed by atoms with Gasteiger partial charge >= 0.3 is 0 Å². The van der Waals surface area contributed by atoms with Gasteiger partial charge in [0.05, 0.1) is 44.2 Å². The minimum absolute atomic E-state index is 0. The maximum absolute atomic E-state index is 12.8. The summed E-state index contributed by atoms with van der Waals surface area (Å²) in [7, 11) is 3.57. The molecule has 13 nitrogen and oxygen atoms in total.